The number of hydrogen-bond acceptors (Lipinski definition) is 4. The van der Waals surface area contributed by atoms with E-state index < -0.39 is 10.0 Å². The molecule has 0 fully saturated rings. The van der Waals surface area contributed by atoms with Crippen LogP contribution in [0.3, 0.4) is 0 Å². The molecule has 0 radical (unpaired) electrons. The quantitative estimate of drug-likeness (QED) is 0.718. The first-order valence-corrected chi connectivity index (χ1v) is 9.44. The van der Waals surface area contributed by atoms with Crippen molar-refractivity contribution in [1.82, 2.24) is 10.0 Å². The molecule has 0 aliphatic rings. The molecular formula is C18H24N2O3S. The number of para-hydroxylation sites is 1. The summed E-state index contributed by atoms with van der Waals surface area (Å²) < 4.78 is 25.9. The van der Waals surface area contributed by atoms with Gasteiger partial charge in [0.2, 0.25) is 10.0 Å². The van der Waals surface area contributed by atoms with Gasteiger partial charge in [-0.05, 0) is 44.2 Å². The molecule has 2 aromatic rings. The third kappa shape index (κ3) is 4.14. The van der Waals surface area contributed by atoms with E-state index in [4.69, 9.17) is 0 Å². The Bertz CT molecular complexity index is 773. The van der Waals surface area contributed by atoms with Crippen molar-refractivity contribution in [3.8, 4) is 5.75 Å². The highest BCUT2D eigenvalue weighted by Gasteiger charge is 2.17. The fourth-order valence-electron chi connectivity index (χ4n) is 2.66. The fourth-order valence-corrected chi connectivity index (χ4v) is 3.39. The molecule has 2 aromatic carbocycles. The summed E-state index contributed by atoms with van der Waals surface area (Å²) in [6.07, 6.45) is 0.828. The number of hydrogen-bond donors (Lipinski definition) is 3. The molecule has 0 heterocycles. The van der Waals surface area contributed by atoms with Crippen LogP contribution in [0.15, 0.2) is 53.4 Å². The summed E-state index contributed by atoms with van der Waals surface area (Å²) in [5, 5.41) is 13.5. The van der Waals surface area contributed by atoms with E-state index in [2.05, 4.69) is 17.0 Å². The van der Waals surface area contributed by atoms with Crippen molar-refractivity contribution in [1.29, 1.82) is 0 Å². The van der Waals surface area contributed by atoms with E-state index >= 15 is 0 Å². The molecule has 2 rings (SSSR count). The van der Waals surface area contributed by atoms with Crippen LogP contribution in [-0.2, 0) is 10.0 Å². The minimum absolute atomic E-state index is 0.0147. The fraction of sp³-hybridized carbons (Fsp3) is 0.333. The maximum atomic E-state index is 11.8. The van der Waals surface area contributed by atoms with Gasteiger partial charge in [0.15, 0.2) is 0 Å². The Labute approximate surface area is 143 Å². The van der Waals surface area contributed by atoms with Gasteiger partial charge in [-0.25, -0.2) is 13.1 Å². The largest absolute Gasteiger partial charge is 0.508 e. The lowest BCUT2D eigenvalue weighted by Gasteiger charge is -2.24. The van der Waals surface area contributed by atoms with Crippen LogP contribution in [-0.4, -0.2) is 20.6 Å². The predicted octanol–water partition coefficient (Wildman–Crippen LogP) is 3.10. The number of benzene rings is 2. The van der Waals surface area contributed by atoms with Gasteiger partial charge in [0.1, 0.15) is 5.75 Å². The van der Waals surface area contributed by atoms with Crippen molar-refractivity contribution < 1.29 is 13.5 Å². The topological polar surface area (TPSA) is 78.4 Å². The maximum absolute atomic E-state index is 11.8. The van der Waals surface area contributed by atoms with E-state index in [1.807, 2.05) is 19.1 Å². The minimum atomic E-state index is -3.42. The van der Waals surface area contributed by atoms with E-state index in [9.17, 15) is 13.5 Å². The van der Waals surface area contributed by atoms with Crippen LogP contribution in [0.1, 0.15) is 43.5 Å². The summed E-state index contributed by atoms with van der Waals surface area (Å²) in [4.78, 5) is 0.244. The van der Waals surface area contributed by atoms with Gasteiger partial charge in [0.05, 0.1) is 4.90 Å². The molecular weight excluding hydrogens is 324 g/mol. The first-order chi connectivity index (χ1) is 11.4. The maximum Gasteiger partial charge on any atom is 0.240 e. The van der Waals surface area contributed by atoms with Crippen LogP contribution in [0.4, 0.5) is 0 Å². The van der Waals surface area contributed by atoms with Crippen LogP contribution in [0.2, 0.25) is 0 Å². The van der Waals surface area contributed by atoms with Gasteiger partial charge >= 0.3 is 0 Å². The molecule has 24 heavy (non-hydrogen) atoms. The number of phenolic OH excluding ortho intramolecular Hbond substituents is 1. The number of nitrogens with one attached hydrogen (secondary N) is 2. The third-order valence-corrected chi connectivity index (χ3v) is 5.56. The number of sulfonamides is 1. The van der Waals surface area contributed by atoms with E-state index in [0.29, 0.717) is 0 Å². The summed E-state index contributed by atoms with van der Waals surface area (Å²) in [7, 11) is -2.03. The molecule has 0 saturated heterocycles. The molecule has 6 heteroatoms. The zero-order valence-corrected chi connectivity index (χ0v) is 15.0. The molecule has 0 aromatic heterocycles. The zero-order valence-electron chi connectivity index (χ0n) is 14.2. The molecule has 0 bridgehead atoms. The summed E-state index contributed by atoms with van der Waals surface area (Å²) in [6, 6.07) is 14.1. The Morgan fingerprint density at radius 1 is 1.08 bits per heavy atom. The van der Waals surface area contributed by atoms with E-state index in [1.165, 1.54) is 7.05 Å². The van der Waals surface area contributed by atoms with Crippen molar-refractivity contribution in [2.75, 3.05) is 7.05 Å². The Kier molecular flexibility index (Phi) is 5.99. The average molecular weight is 348 g/mol. The molecule has 0 unspecified atom stereocenters. The van der Waals surface area contributed by atoms with E-state index in [-0.39, 0.29) is 22.7 Å². The highest BCUT2D eigenvalue weighted by atomic mass is 32.2. The molecule has 0 aliphatic carbocycles. The van der Waals surface area contributed by atoms with Gasteiger partial charge < -0.3 is 10.4 Å². The monoisotopic (exact) mass is 348 g/mol. The number of phenols is 1. The lowest BCUT2D eigenvalue weighted by Crippen LogP contribution is -2.24. The van der Waals surface area contributed by atoms with E-state index in [1.54, 1.807) is 36.4 Å². The molecule has 2 atom stereocenters. The predicted molar refractivity (Wildman–Crippen MR) is 95.4 cm³/mol. The van der Waals surface area contributed by atoms with Crippen molar-refractivity contribution in [2.24, 2.45) is 0 Å². The van der Waals surface area contributed by atoms with Gasteiger partial charge in [0.25, 0.3) is 0 Å². The molecule has 0 spiro atoms. The minimum Gasteiger partial charge on any atom is -0.508 e. The van der Waals surface area contributed by atoms with Crippen molar-refractivity contribution in [3.05, 3.63) is 59.7 Å². The average Bonchev–Trinajstić information content (AvgIpc) is 2.60. The van der Waals surface area contributed by atoms with Gasteiger partial charge in [-0.1, -0.05) is 37.3 Å². The second-order valence-electron chi connectivity index (χ2n) is 5.68. The van der Waals surface area contributed by atoms with Crippen molar-refractivity contribution in [3.63, 3.8) is 0 Å². The smallest absolute Gasteiger partial charge is 0.240 e. The second-order valence-corrected chi connectivity index (χ2v) is 7.57. The molecule has 0 amide bonds. The molecule has 3 N–H and O–H groups in total. The molecule has 5 nitrogen and oxygen atoms in total. The Balaban J connectivity index is 2.17. The SMILES string of the molecule is CC[C@H](N[C@@H](C)c1ccc(S(=O)(=O)NC)cc1)c1ccccc1O. The summed E-state index contributed by atoms with van der Waals surface area (Å²) in [5.74, 6) is 0.277. The number of aromatic hydroxyl groups is 1. The first kappa shape index (κ1) is 18.4. The van der Waals surface area contributed by atoms with Crippen molar-refractivity contribution >= 4 is 10.0 Å². The van der Waals surface area contributed by atoms with Crippen LogP contribution in [0.25, 0.3) is 0 Å². The summed E-state index contributed by atoms with van der Waals surface area (Å²) in [5.41, 5.74) is 1.85. The lowest BCUT2D eigenvalue weighted by molar-refractivity contribution is 0.419. The van der Waals surface area contributed by atoms with Gasteiger partial charge in [-0.3, -0.25) is 0 Å². The van der Waals surface area contributed by atoms with Crippen molar-refractivity contribution in [2.45, 2.75) is 37.2 Å². The molecule has 130 valence electrons. The summed E-state index contributed by atoms with van der Waals surface area (Å²) in [6.45, 7) is 4.07. The van der Waals surface area contributed by atoms with Crippen LogP contribution in [0.5, 0.6) is 5.75 Å². The zero-order chi connectivity index (χ0) is 17.7. The highest BCUT2D eigenvalue weighted by molar-refractivity contribution is 7.89. The van der Waals surface area contributed by atoms with Crippen LogP contribution < -0.4 is 10.0 Å². The van der Waals surface area contributed by atoms with Crippen LogP contribution >= 0.6 is 0 Å². The Morgan fingerprint density at radius 3 is 2.25 bits per heavy atom. The normalized spacial score (nSPS) is 14.3. The molecule has 0 aliphatic heterocycles. The Morgan fingerprint density at radius 2 is 1.71 bits per heavy atom. The first-order valence-electron chi connectivity index (χ1n) is 7.96. The van der Waals surface area contributed by atoms with Gasteiger partial charge in [-0.2, -0.15) is 0 Å². The van der Waals surface area contributed by atoms with E-state index in [0.717, 1.165) is 17.5 Å². The number of rotatable bonds is 7. The van der Waals surface area contributed by atoms with Gasteiger partial charge in [0, 0.05) is 17.6 Å². The highest BCUT2D eigenvalue weighted by Crippen LogP contribution is 2.28. The summed E-state index contributed by atoms with van der Waals surface area (Å²) >= 11 is 0. The second kappa shape index (κ2) is 7.79. The third-order valence-electron chi connectivity index (χ3n) is 4.13. The molecule has 0 saturated carbocycles. The van der Waals surface area contributed by atoms with Gasteiger partial charge in [-0.15, -0.1) is 0 Å². The Hall–Kier alpha value is -1.89. The van der Waals surface area contributed by atoms with Crippen LogP contribution in [0, 0.1) is 0 Å². The lowest BCUT2D eigenvalue weighted by atomic mass is 10.0. The standard InChI is InChI=1S/C18H24N2O3S/c1-4-17(16-7-5-6-8-18(16)21)20-13(2)14-9-11-15(12-10-14)24(22,23)19-3/h5-13,17,19-21H,4H2,1-3H3/t13-,17-/m0/s1.